The van der Waals surface area contributed by atoms with E-state index in [0.29, 0.717) is 12.1 Å². The van der Waals surface area contributed by atoms with Crippen molar-refractivity contribution in [3.63, 3.8) is 0 Å². The van der Waals surface area contributed by atoms with Gasteiger partial charge in [0, 0.05) is 12.6 Å². The van der Waals surface area contributed by atoms with Gasteiger partial charge in [-0.3, -0.25) is 4.79 Å². The molecule has 0 atom stereocenters. The van der Waals surface area contributed by atoms with Gasteiger partial charge in [-0.05, 0) is 32.4 Å². The Kier molecular flexibility index (Phi) is 4.35. The number of hydrogen-bond donors (Lipinski definition) is 1. The average Bonchev–Trinajstić information content (AvgIpc) is 2.25. The van der Waals surface area contributed by atoms with Crippen molar-refractivity contribution in [2.24, 2.45) is 0 Å². The molecule has 1 rings (SSSR count). The molecule has 0 spiro atoms. The van der Waals surface area contributed by atoms with Crippen LogP contribution in [0.5, 0.6) is 5.75 Å². The number of para-hydroxylation sites is 1. The standard InChI is InChI=1S/C13H19NO2/c1-4-9-14(10(2)3)13(16)11-7-5-6-8-12(11)15/h5-8,10,15H,4,9H2,1-3H3. The second-order valence-corrected chi connectivity index (χ2v) is 4.11. The van der Waals surface area contributed by atoms with Crippen molar-refractivity contribution >= 4 is 5.91 Å². The normalized spacial score (nSPS) is 10.5. The Bertz CT molecular complexity index is 361. The third-order valence-corrected chi connectivity index (χ3v) is 2.48. The Hall–Kier alpha value is -1.51. The van der Waals surface area contributed by atoms with Crippen LogP contribution in [-0.4, -0.2) is 28.5 Å². The first-order chi connectivity index (χ1) is 7.57. The molecule has 3 heteroatoms. The zero-order chi connectivity index (χ0) is 12.1. The fourth-order valence-corrected chi connectivity index (χ4v) is 1.64. The molecule has 16 heavy (non-hydrogen) atoms. The third kappa shape index (κ3) is 2.75. The summed E-state index contributed by atoms with van der Waals surface area (Å²) < 4.78 is 0. The summed E-state index contributed by atoms with van der Waals surface area (Å²) >= 11 is 0. The summed E-state index contributed by atoms with van der Waals surface area (Å²) in [6, 6.07) is 6.82. The van der Waals surface area contributed by atoms with Gasteiger partial charge in [-0.1, -0.05) is 19.1 Å². The SMILES string of the molecule is CCCN(C(=O)c1ccccc1O)C(C)C. The minimum atomic E-state index is -0.102. The minimum absolute atomic E-state index is 0.0502. The van der Waals surface area contributed by atoms with Gasteiger partial charge in [-0.25, -0.2) is 0 Å². The predicted octanol–water partition coefficient (Wildman–Crippen LogP) is 2.65. The Balaban J connectivity index is 2.95. The lowest BCUT2D eigenvalue weighted by atomic mass is 10.1. The number of phenolic OH excluding ortho intramolecular Hbond substituents is 1. The summed E-state index contributed by atoms with van der Waals surface area (Å²) in [6.45, 7) is 6.71. The smallest absolute Gasteiger partial charge is 0.257 e. The van der Waals surface area contributed by atoms with Crippen LogP contribution < -0.4 is 0 Å². The van der Waals surface area contributed by atoms with Gasteiger partial charge in [-0.2, -0.15) is 0 Å². The highest BCUT2D eigenvalue weighted by Gasteiger charge is 2.19. The summed E-state index contributed by atoms with van der Waals surface area (Å²) in [4.78, 5) is 13.9. The molecule has 0 aromatic heterocycles. The van der Waals surface area contributed by atoms with E-state index in [9.17, 15) is 9.90 Å². The zero-order valence-electron chi connectivity index (χ0n) is 10.1. The van der Waals surface area contributed by atoms with Crippen LogP contribution in [0.4, 0.5) is 0 Å². The first-order valence-corrected chi connectivity index (χ1v) is 5.66. The van der Waals surface area contributed by atoms with E-state index in [1.54, 1.807) is 23.1 Å². The molecule has 1 amide bonds. The molecule has 0 bridgehead atoms. The molecule has 1 aromatic carbocycles. The summed E-state index contributed by atoms with van der Waals surface area (Å²) in [6.07, 6.45) is 0.914. The van der Waals surface area contributed by atoms with Crippen molar-refractivity contribution < 1.29 is 9.90 Å². The Morgan fingerprint density at radius 2 is 2.00 bits per heavy atom. The quantitative estimate of drug-likeness (QED) is 0.849. The number of carbonyl (C=O) groups excluding carboxylic acids is 1. The van der Waals surface area contributed by atoms with Gasteiger partial charge in [0.15, 0.2) is 0 Å². The average molecular weight is 221 g/mol. The maximum Gasteiger partial charge on any atom is 0.257 e. The van der Waals surface area contributed by atoms with Crippen LogP contribution in [0.1, 0.15) is 37.6 Å². The largest absolute Gasteiger partial charge is 0.507 e. The first-order valence-electron chi connectivity index (χ1n) is 5.66. The lowest BCUT2D eigenvalue weighted by molar-refractivity contribution is 0.0703. The van der Waals surface area contributed by atoms with E-state index in [-0.39, 0.29) is 17.7 Å². The number of hydrogen-bond acceptors (Lipinski definition) is 2. The first kappa shape index (κ1) is 12.6. The van der Waals surface area contributed by atoms with Crippen molar-refractivity contribution in [3.05, 3.63) is 29.8 Å². The van der Waals surface area contributed by atoms with Crippen molar-refractivity contribution in [1.82, 2.24) is 4.90 Å². The van der Waals surface area contributed by atoms with Crippen LogP contribution in [0, 0.1) is 0 Å². The van der Waals surface area contributed by atoms with Crippen molar-refractivity contribution in [3.8, 4) is 5.75 Å². The molecular formula is C13H19NO2. The van der Waals surface area contributed by atoms with Crippen LogP contribution in [0.3, 0.4) is 0 Å². The van der Waals surface area contributed by atoms with E-state index < -0.39 is 0 Å². The Morgan fingerprint density at radius 1 is 1.38 bits per heavy atom. The number of carbonyl (C=O) groups is 1. The fourth-order valence-electron chi connectivity index (χ4n) is 1.64. The number of benzene rings is 1. The van der Waals surface area contributed by atoms with Crippen molar-refractivity contribution in [2.75, 3.05) is 6.54 Å². The number of phenols is 1. The molecule has 0 saturated heterocycles. The van der Waals surface area contributed by atoms with Crippen LogP contribution >= 0.6 is 0 Å². The molecule has 0 aliphatic carbocycles. The molecule has 0 fully saturated rings. The van der Waals surface area contributed by atoms with Gasteiger partial charge >= 0.3 is 0 Å². The molecule has 0 heterocycles. The second-order valence-electron chi connectivity index (χ2n) is 4.11. The van der Waals surface area contributed by atoms with Gasteiger partial charge in [0.2, 0.25) is 0 Å². The minimum Gasteiger partial charge on any atom is -0.507 e. The highest BCUT2D eigenvalue weighted by molar-refractivity contribution is 5.96. The summed E-state index contributed by atoms with van der Waals surface area (Å²) in [5, 5.41) is 9.63. The highest BCUT2D eigenvalue weighted by Crippen LogP contribution is 2.19. The van der Waals surface area contributed by atoms with Crippen molar-refractivity contribution in [2.45, 2.75) is 33.2 Å². The Labute approximate surface area is 96.7 Å². The van der Waals surface area contributed by atoms with Crippen molar-refractivity contribution in [1.29, 1.82) is 0 Å². The van der Waals surface area contributed by atoms with Gasteiger partial charge in [0.1, 0.15) is 5.75 Å². The molecule has 0 aliphatic rings. The highest BCUT2D eigenvalue weighted by atomic mass is 16.3. The number of nitrogens with zero attached hydrogens (tertiary/aromatic N) is 1. The van der Waals surface area contributed by atoms with E-state index in [4.69, 9.17) is 0 Å². The van der Waals surface area contributed by atoms with Crippen LogP contribution in [0.2, 0.25) is 0 Å². The molecule has 0 aliphatic heterocycles. The molecule has 0 unspecified atom stereocenters. The number of rotatable bonds is 4. The molecule has 88 valence electrons. The monoisotopic (exact) mass is 221 g/mol. The van der Waals surface area contributed by atoms with E-state index >= 15 is 0 Å². The second kappa shape index (κ2) is 5.54. The maximum atomic E-state index is 12.2. The number of aromatic hydroxyl groups is 1. The Morgan fingerprint density at radius 3 is 2.50 bits per heavy atom. The maximum absolute atomic E-state index is 12.2. The van der Waals surface area contributed by atoms with Crippen LogP contribution in [0.15, 0.2) is 24.3 Å². The predicted molar refractivity (Wildman–Crippen MR) is 64.6 cm³/mol. The molecule has 3 nitrogen and oxygen atoms in total. The third-order valence-electron chi connectivity index (χ3n) is 2.48. The summed E-state index contributed by atoms with van der Waals surface area (Å²) in [5.41, 5.74) is 0.379. The van der Waals surface area contributed by atoms with Gasteiger partial charge in [0.25, 0.3) is 5.91 Å². The lowest BCUT2D eigenvalue weighted by Crippen LogP contribution is -2.37. The van der Waals surface area contributed by atoms with Gasteiger partial charge in [-0.15, -0.1) is 0 Å². The summed E-state index contributed by atoms with van der Waals surface area (Å²) in [5.74, 6) is -0.0517. The zero-order valence-corrected chi connectivity index (χ0v) is 10.1. The van der Waals surface area contributed by atoms with E-state index in [2.05, 4.69) is 0 Å². The molecule has 0 saturated carbocycles. The number of amides is 1. The van der Waals surface area contributed by atoms with Gasteiger partial charge in [0.05, 0.1) is 5.56 Å². The molecular weight excluding hydrogens is 202 g/mol. The topological polar surface area (TPSA) is 40.5 Å². The van der Waals surface area contributed by atoms with Crippen LogP contribution in [-0.2, 0) is 0 Å². The van der Waals surface area contributed by atoms with E-state index in [1.807, 2.05) is 20.8 Å². The van der Waals surface area contributed by atoms with E-state index in [0.717, 1.165) is 6.42 Å². The summed E-state index contributed by atoms with van der Waals surface area (Å²) in [7, 11) is 0. The molecule has 1 aromatic rings. The van der Waals surface area contributed by atoms with E-state index in [1.165, 1.54) is 6.07 Å². The van der Waals surface area contributed by atoms with Gasteiger partial charge < -0.3 is 10.0 Å². The molecule has 1 N–H and O–H groups in total. The lowest BCUT2D eigenvalue weighted by Gasteiger charge is -2.26. The molecule has 0 radical (unpaired) electrons. The van der Waals surface area contributed by atoms with Crippen LogP contribution in [0.25, 0.3) is 0 Å². The fraction of sp³-hybridized carbons (Fsp3) is 0.462.